The summed E-state index contributed by atoms with van der Waals surface area (Å²) in [5.41, 5.74) is 1.63. The average Bonchev–Trinajstić information content (AvgIpc) is 2.59. The first-order valence-electron chi connectivity index (χ1n) is 7.05. The lowest BCUT2D eigenvalue weighted by Crippen LogP contribution is -2.36. The molecule has 1 unspecified atom stereocenters. The largest absolute Gasteiger partial charge is 0.493 e. The van der Waals surface area contributed by atoms with E-state index >= 15 is 0 Å². The van der Waals surface area contributed by atoms with Crippen LogP contribution in [0.2, 0.25) is 5.02 Å². The predicted molar refractivity (Wildman–Crippen MR) is 90.4 cm³/mol. The second kappa shape index (κ2) is 7.74. The van der Waals surface area contributed by atoms with Crippen molar-refractivity contribution < 1.29 is 14.3 Å². The van der Waals surface area contributed by atoms with Crippen LogP contribution < -0.4 is 20.1 Å². The number of hydrogen-bond donors (Lipinski definition) is 2. The molecule has 5 nitrogen and oxygen atoms in total. The molecular formula is C17H19ClN2O3. The van der Waals surface area contributed by atoms with E-state index in [1.54, 1.807) is 33.4 Å². The number of benzene rings is 2. The standard InChI is InChI=1S/C17H19ClN2O3/c1-19-17(21)20-16(12-6-4-5-7-13(12)18)11-8-9-14(22-2)15(10-11)23-3/h4-10,16H,1-3H3,(H2,19,20,21). The van der Waals surface area contributed by atoms with Crippen LogP contribution in [0.4, 0.5) is 4.79 Å². The Morgan fingerprint density at radius 2 is 1.78 bits per heavy atom. The van der Waals surface area contributed by atoms with Crippen LogP contribution >= 0.6 is 11.6 Å². The van der Waals surface area contributed by atoms with E-state index in [4.69, 9.17) is 21.1 Å². The molecule has 2 N–H and O–H groups in total. The number of rotatable bonds is 5. The van der Waals surface area contributed by atoms with Gasteiger partial charge < -0.3 is 20.1 Å². The van der Waals surface area contributed by atoms with Crippen molar-refractivity contribution in [3.63, 3.8) is 0 Å². The number of ether oxygens (including phenoxy) is 2. The predicted octanol–water partition coefficient (Wildman–Crippen LogP) is 3.38. The van der Waals surface area contributed by atoms with E-state index < -0.39 is 6.04 Å². The highest BCUT2D eigenvalue weighted by atomic mass is 35.5. The molecule has 0 spiro atoms. The molecule has 0 saturated carbocycles. The van der Waals surface area contributed by atoms with Gasteiger partial charge in [-0.05, 0) is 29.3 Å². The molecule has 23 heavy (non-hydrogen) atoms. The smallest absolute Gasteiger partial charge is 0.315 e. The first-order valence-corrected chi connectivity index (χ1v) is 7.43. The summed E-state index contributed by atoms with van der Waals surface area (Å²) < 4.78 is 10.6. The van der Waals surface area contributed by atoms with Gasteiger partial charge in [-0.15, -0.1) is 0 Å². The van der Waals surface area contributed by atoms with Crippen LogP contribution in [0.3, 0.4) is 0 Å². The Morgan fingerprint density at radius 3 is 2.39 bits per heavy atom. The van der Waals surface area contributed by atoms with Gasteiger partial charge >= 0.3 is 6.03 Å². The van der Waals surface area contributed by atoms with Crippen LogP contribution in [0.5, 0.6) is 11.5 Å². The summed E-state index contributed by atoms with van der Waals surface area (Å²) in [4.78, 5) is 11.8. The molecule has 122 valence electrons. The Hall–Kier alpha value is -2.40. The SMILES string of the molecule is CNC(=O)NC(c1ccc(OC)c(OC)c1)c1ccccc1Cl. The van der Waals surface area contributed by atoms with Crippen molar-refractivity contribution in [1.29, 1.82) is 0 Å². The topological polar surface area (TPSA) is 59.6 Å². The molecule has 2 aromatic carbocycles. The minimum absolute atomic E-state index is 0.301. The van der Waals surface area contributed by atoms with Crippen LogP contribution in [0, 0.1) is 0 Å². The molecular weight excluding hydrogens is 316 g/mol. The van der Waals surface area contributed by atoms with Crippen LogP contribution in [-0.4, -0.2) is 27.3 Å². The Labute approximate surface area is 140 Å². The fraction of sp³-hybridized carbons (Fsp3) is 0.235. The molecule has 2 rings (SSSR count). The molecule has 0 saturated heterocycles. The maximum absolute atomic E-state index is 11.8. The maximum Gasteiger partial charge on any atom is 0.315 e. The second-order valence-electron chi connectivity index (χ2n) is 4.79. The molecule has 0 radical (unpaired) electrons. The molecule has 0 aromatic heterocycles. The minimum Gasteiger partial charge on any atom is -0.493 e. The monoisotopic (exact) mass is 334 g/mol. The highest BCUT2D eigenvalue weighted by molar-refractivity contribution is 6.31. The molecule has 0 aliphatic rings. The number of methoxy groups -OCH3 is 2. The average molecular weight is 335 g/mol. The van der Waals surface area contributed by atoms with Gasteiger partial charge in [0.25, 0.3) is 0 Å². The number of amides is 2. The van der Waals surface area contributed by atoms with Gasteiger partial charge in [0.2, 0.25) is 0 Å². The Kier molecular flexibility index (Phi) is 5.71. The normalized spacial score (nSPS) is 11.5. The van der Waals surface area contributed by atoms with Crippen molar-refractivity contribution >= 4 is 17.6 Å². The van der Waals surface area contributed by atoms with E-state index in [0.717, 1.165) is 11.1 Å². The van der Waals surface area contributed by atoms with Gasteiger partial charge in [-0.25, -0.2) is 4.79 Å². The number of hydrogen-bond acceptors (Lipinski definition) is 3. The first-order chi connectivity index (χ1) is 11.1. The third-order valence-electron chi connectivity index (χ3n) is 3.46. The zero-order chi connectivity index (χ0) is 16.8. The highest BCUT2D eigenvalue weighted by Crippen LogP contribution is 2.34. The maximum atomic E-state index is 11.8. The molecule has 0 heterocycles. The Balaban J connectivity index is 2.49. The molecule has 0 aliphatic carbocycles. The van der Waals surface area contributed by atoms with E-state index in [9.17, 15) is 4.79 Å². The van der Waals surface area contributed by atoms with Crippen molar-refractivity contribution in [1.82, 2.24) is 10.6 Å². The van der Waals surface area contributed by atoms with E-state index in [0.29, 0.717) is 16.5 Å². The number of carbonyl (C=O) groups is 1. The number of nitrogens with one attached hydrogen (secondary N) is 2. The first kappa shape index (κ1) is 17.0. The number of urea groups is 1. The number of halogens is 1. The third-order valence-corrected chi connectivity index (χ3v) is 3.80. The van der Waals surface area contributed by atoms with Crippen molar-refractivity contribution in [2.45, 2.75) is 6.04 Å². The van der Waals surface area contributed by atoms with E-state index in [1.165, 1.54) is 0 Å². The lowest BCUT2D eigenvalue weighted by Gasteiger charge is -2.21. The zero-order valence-corrected chi connectivity index (χ0v) is 14.0. The van der Waals surface area contributed by atoms with Crippen LogP contribution in [0.15, 0.2) is 42.5 Å². The van der Waals surface area contributed by atoms with Gasteiger partial charge in [0.05, 0.1) is 20.3 Å². The minimum atomic E-state index is -0.413. The van der Waals surface area contributed by atoms with Crippen LogP contribution in [-0.2, 0) is 0 Å². The number of carbonyl (C=O) groups excluding carboxylic acids is 1. The van der Waals surface area contributed by atoms with Crippen LogP contribution in [0.25, 0.3) is 0 Å². The van der Waals surface area contributed by atoms with Crippen molar-refractivity contribution in [2.75, 3.05) is 21.3 Å². The van der Waals surface area contributed by atoms with Gasteiger partial charge in [-0.1, -0.05) is 35.9 Å². The second-order valence-corrected chi connectivity index (χ2v) is 5.20. The summed E-state index contributed by atoms with van der Waals surface area (Å²) in [6.45, 7) is 0. The summed E-state index contributed by atoms with van der Waals surface area (Å²) in [6.07, 6.45) is 0. The Morgan fingerprint density at radius 1 is 1.09 bits per heavy atom. The van der Waals surface area contributed by atoms with Gasteiger partial charge in [0, 0.05) is 12.1 Å². The molecule has 0 fully saturated rings. The van der Waals surface area contributed by atoms with E-state index in [2.05, 4.69) is 10.6 Å². The lowest BCUT2D eigenvalue weighted by atomic mass is 9.98. The molecule has 0 bridgehead atoms. The van der Waals surface area contributed by atoms with E-state index in [1.807, 2.05) is 30.3 Å². The van der Waals surface area contributed by atoms with Gasteiger partial charge in [-0.3, -0.25) is 0 Å². The Bertz CT molecular complexity index is 691. The quantitative estimate of drug-likeness (QED) is 0.881. The lowest BCUT2D eigenvalue weighted by molar-refractivity contribution is 0.240. The third kappa shape index (κ3) is 3.87. The van der Waals surface area contributed by atoms with Gasteiger partial charge in [0.15, 0.2) is 11.5 Å². The fourth-order valence-electron chi connectivity index (χ4n) is 2.29. The molecule has 6 heteroatoms. The molecule has 1 atom stereocenters. The van der Waals surface area contributed by atoms with Crippen molar-refractivity contribution in [3.05, 3.63) is 58.6 Å². The van der Waals surface area contributed by atoms with Gasteiger partial charge in [-0.2, -0.15) is 0 Å². The van der Waals surface area contributed by atoms with Gasteiger partial charge in [0.1, 0.15) is 0 Å². The summed E-state index contributed by atoms with van der Waals surface area (Å²) in [7, 11) is 4.71. The van der Waals surface area contributed by atoms with Crippen molar-refractivity contribution in [3.8, 4) is 11.5 Å². The van der Waals surface area contributed by atoms with Crippen molar-refractivity contribution in [2.24, 2.45) is 0 Å². The summed E-state index contributed by atoms with van der Waals surface area (Å²) in [6, 6.07) is 12.2. The van der Waals surface area contributed by atoms with E-state index in [-0.39, 0.29) is 6.03 Å². The fourth-order valence-corrected chi connectivity index (χ4v) is 2.53. The highest BCUT2D eigenvalue weighted by Gasteiger charge is 2.20. The summed E-state index contributed by atoms with van der Waals surface area (Å²) >= 11 is 6.30. The summed E-state index contributed by atoms with van der Waals surface area (Å²) in [5, 5.41) is 6.03. The molecule has 2 aromatic rings. The zero-order valence-electron chi connectivity index (χ0n) is 13.2. The molecule has 0 aliphatic heterocycles. The summed E-state index contributed by atoms with van der Waals surface area (Å²) in [5.74, 6) is 1.20. The molecule has 2 amide bonds. The van der Waals surface area contributed by atoms with Crippen LogP contribution in [0.1, 0.15) is 17.2 Å².